The third-order valence-electron chi connectivity index (χ3n) is 6.42. The molecule has 10 heteroatoms. The van der Waals surface area contributed by atoms with Crippen LogP contribution in [0, 0.1) is 5.92 Å². The van der Waals surface area contributed by atoms with Crippen molar-refractivity contribution in [2.45, 2.75) is 12.8 Å². The molecule has 0 bridgehead atoms. The zero-order valence-corrected chi connectivity index (χ0v) is 21.1. The molecule has 0 radical (unpaired) electrons. The van der Waals surface area contributed by atoms with Gasteiger partial charge in [-0.05, 0) is 49.4 Å². The predicted molar refractivity (Wildman–Crippen MR) is 139 cm³/mol. The Morgan fingerprint density at radius 1 is 1.08 bits per heavy atom. The summed E-state index contributed by atoms with van der Waals surface area (Å²) in [5.74, 6) is 0.317. The minimum Gasteiger partial charge on any atom is -0.497 e. The minimum atomic E-state index is -0.368. The SMILES string of the molecule is COc1cccc(NC(=O)COc2ccc(N3C[C@@H](C(=O)NCCCN4CCOCC4)CC3=O)cc2)c1. The molecule has 198 valence electrons. The van der Waals surface area contributed by atoms with E-state index in [2.05, 4.69) is 15.5 Å². The third-order valence-corrected chi connectivity index (χ3v) is 6.42. The average Bonchev–Trinajstić information content (AvgIpc) is 3.32. The number of nitrogens with zero attached hydrogens (tertiary/aromatic N) is 2. The topological polar surface area (TPSA) is 109 Å². The number of ether oxygens (including phenoxy) is 3. The first-order valence-corrected chi connectivity index (χ1v) is 12.6. The molecular formula is C27H34N4O6. The number of benzene rings is 2. The zero-order chi connectivity index (χ0) is 26.0. The van der Waals surface area contributed by atoms with Crippen molar-refractivity contribution in [1.82, 2.24) is 10.2 Å². The van der Waals surface area contributed by atoms with Crippen molar-refractivity contribution in [3.8, 4) is 11.5 Å². The van der Waals surface area contributed by atoms with Crippen molar-refractivity contribution in [3.05, 3.63) is 48.5 Å². The largest absolute Gasteiger partial charge is 0.497 e. The van der Waals surface area contributed by atoms with E-state index in [0.717, 1.165) is 39.3 Å². The molecule has 37 heavy (non-hydrogen) atoms. The van der Waals surface area contributed by atoms with Gasteiger partial charge in [-0.1, -0.05) is 6.07 Å². The van der Waals surface area contributed by atoms with E-state index in [0.29, 0.717) is 36.0 Å². The molecule has 2 saturated heterocycles. The second-order valence-corrected chi connectivity index (χ2v) is 9.07. The van der Waals surface area contributed by atoms with E-state index in [1.807, 2.05) is 0 Å². The first-order chi connectivity index (χ1) is 18.0. The zero-order valence-electron chi connectivity index (χ0n) is 21.1. The molecule has 2 aliphatic heterocycles. The number of amides is 3. The van der Waals surface area contributed by atoms with Crippen LogP contribution in [0.25, 0.3) is 0 Å². The summed E-state index contributed by atoms with van der Waals surface area (Å²) in [5.41, 5.74) is 1.31. The van der Waals surface area contributed by atoms with Crippen molar-refractivity contribution in [3.63, 3.8) is 0 Å². The summed E-state index contributed by atoms with van der Waals surface area (Å²) in [6.07, 6.45) is 1.06. The molecular weight excluding hydrogens is 476 g/mol. The molecule has 10 nitrogen and oxygen atoms in total. The van der Waals surface area contributed by atoms with Gasteiger partial charge in [0.15, 0.2) is 6.61 Å². The van der Waals surface area contributed by atoms with Crippen molar-refractivity contribution in [1.29, 1.82) is 0 Å². The molecule has 0 spiro atoms. The summed E-state index contributed by atoms with van der Waals surface area (Å²) < 4.78 is 16.1. The first kappa shape index (κ1) is 26.4. The monoisotopic (exact) mass is 510 g/mol. The second-order valence-electron chi connectivity index (χ2n) is 9.07. The first-order valence-electron chi connectivity index (χ1n) is 12.6. The van der Waals surface area contributed by atoms with Crippen LogP contribution < -0.4 is 25.0 Å². The number of nitrogens with one attached hydrogen (secondary N) is 2. The third kappa shape index (κ3) is 7.68. The maximum atomic E-state index is 12.6. The van der Waals surface area contributed by atoms with Crippen molar-refractivity contribution in [2.24, 2.45) is 5.92 Å². The number of anilines is 2. The number of rotatable bonds is 11. The summed E-state index contributed by atoms with van der Waals surface area (Å²) in [6.45, 7) is 5.10. The van der Waals surface area contributed by atoms with E-state index in [9.17, 15) is 14.4 Å². The van der Waals surface area contributed by atoms with E-state index in [1.165, 1.54) is 0 Å². The molecule has 0 aliphatic carbocycles. The summed E-state index contributed by atoms with van der Waals surface area (Å²) in [6, 6.07) is 14.0. The van der Waals surface area contributed by atoms with E-state index in [1.54, 1.807) is 60.5 Å². The lowest BCUT2D eigenvalue weighted by atomic mass is 10.1. The van der Waals surface area contributed by atoms with E-state index >= 15 is 0 Å². The van der Waals surface area contributed by atoms with Crippen molar-refractivity contribution in [2.75, 3.05) is 69.9 Å². The van der Waals surface area contributed by atoms with E-state index < -0.39 is 0 Å². The standard InChI is InChI=1S/C27H34N4O6/c1-35-24-5-2-4-21(17-24)29-25(32)19-37-23-8-6-22(7-9-23)31-18-20(16-26(31)33)27(34)28-10-3-11-30-12-14-36-15-13-30/h2,4-9,17,20H,3,10-16,18-19H2,1H3,(H,28,34)(H,29,32)/t20-/m0/s1. The molecule has 0 saturated carbocycles. The van der Waals surface area contributed by atoms with Crippen LogP contribution in [-0.4, -0.2) is 82.3 Å². The highest BCUT2D eigenvalue weighted by molar-refractivity contribution is 6.00. The fraction of sp³-hybridized carbons (Fsp3) is 0.444. The lowest BCUT2D eigenvalue weighted by molar-refractivity contribution is -0.126. The fourth-order valence-corrected chi connectivity index (χ4v) is 4.39. The van der Waals surface area contributed by atoms with Crippen LogP contribution >= 0.6 is 0 Å². The van der Waals surface area contributed by atoms with Gasteiger partial charge in [-0.3, -0.25) is 19.3 Å². The Hall–Kier alpha value is -3.63. The van der Waals surface area contributed by atoms with Crippen LogP contribution in [0.4, 0.5) is 11.4 Å². The van der Waals surface area contributed by atoms with Crippen LogP contribution in [0.1, 0.15) is 12.8 Å². The predicted octanol–water partition coefficient (Wildman–Crippen LogP) is 1.90. The smallest absolute Gasteiger partial charge is 0.262 e. The quantitative estimate of drug-likeness (QED) is 0.445. The van der Waals surface area contributed by atoms with Gasteiger partial charge in [0.05, 0.1) is 26.2 Å². The Bertz CT molecular complexity index is 1070. The van der Waals surface area contributed by atoms with Crippen molar-refractivity contribution >= 4 is 29.1 Å². The Labute approximate surface area is 216 Å². The normalized spacial score (nSPS) is 17.9. The number of morpholine rings is 1. The van der Waals surface area contributed by atoms with Crippen LogP contribution in [0.3, 0.4) is 0 Å². The highest BCUT2D eigenvalue weighted by Gasteiger charge is 2.35. The highest BCUT2D eigenvalue weighted by atomic mass is 16.5. The average molecular weight is 511 g/mol. The molecule has 0 aromatic heterocycles. The molecule has 2 heterocycles. The molecule has 2 aromatic rings. The van der Waals surface area contributed by atoms with Crippen molar-refractivity contribution < 1.29 is 28.6 Å². The number of carbonyl (C=O) groups excluding carboxylic acids is 3. The maximum absolute atomic E-state index is 12.6. The summed E-state index contributed by atoms with van der Waals surface area (Å²) in [7, 11) is 1.56. The van der Waals surface area contributed by atoms with Gasteiger partial charge in [0.25, 0.3) is 5.91 Å². The van der Waals surface area contributed by atoms with Gasteiger partial charge < -0.3 is 29.7 Å². The Kier molecular flexibility index (Phi) is 9.34. The van der Waals surface area contributed by atoms with Crippen LogP contribution in [0.2, 0.25) is 0 Å². The number of methoxy groups -OCH3 is 1. The van der Waals surface area contributed by atoms with E-state index in [4.69, 9.17) is 14.2 Å². The number of hydrogen-bond acceptors (Lipinski definition) is 7. The van der Waals surface area contributed by atoms with Gasteiger partial charge in [0.1, 0.15) is 11.5 Å². The van der Waals surface area contributed by atoms with Gasteiger partial charge >= 0.3 is 0 Å². The Morgan fingerprint density at radius 3 is 2.62 bits per heavy atom. The minimum absolute atomic E-state index is 0.0835. The molecule has 4 rings (SSSR count). The molecule has 0 unspecified atom stereocenters. The lowest BCUT2D eigenvalue weighted by Crippen LogP contribution is -2.39. The second kappa shape index (κ2) is 13.1. The maximum Gasteiger partial charge on any atom is 0.262 e. The molecule has 2 aromatic carbocycles. The van der Waals surface area contributed by atoms with E-state index in [-0.39, 0.29) is 36.7 Å². The molecule has 2 aliphatic rings. The molecule has 1 atom stereocenters. The van der Waals surface area contributed by atoms with Crippen LogP contribution in [0.5, 0.6) is 11.5 Å². The Balaban J connectivity index is 1.19. The summed E-state index contributed by atoms with van der Waals surface area (Å²) >= 11 is 0. The van der Waals surface area contributed by atoms with Gasteiger partial charge in [-0.25, -0.2) is 0 Å². The lowest BCUT2D eigenvalue weighted by Gasteiger charge is -2.26. The number of hydrogen-bond donors (Lipinski definition) is 2. The van der Waals surface area contributed by atoms with Crippen LogP contribution in [-0.2, 0) is 19.1 Å². The van der Waals surface area contributed by atoms with Crippen LogP contribution in [0.15, 0.2) is 48.5 Å². The number of carbonyl (C=O) groups is 3. The molecule has 3 amide bonds. The van der Waals surface area contributed by atoms with Gasteiger partial charge in [-0.15, -0.1) is 0 Å². The highest BCUT2D eigenvalue weighted by Crippen LogP contribution is 2.27. The fourth-order valence-electron chi connectivity index (χ4n) is 4.39. The summed E-state index contributed by atoms with van der Waals surface area (Å²) in [5, 5.41) is 5.73. The molecule has 2 fully saturated rings. The van der Waals surface area contributed by atoms with Gasteiger partial charge in [-0.2, -0.15) is 0 Å². The Morgan fingerprint density at radius 2 is 1.86 bits per heavy atom. The van der Waals surface area contributed by atoms with Gasteiger partial charge in [0.2, 0.25) is 11.8 Å². The summed E-state index contributed by atoms with van der Waals surface area (Å²) in [4.78, 5) is 41.3. The molecule has 2 N–H and O–H groups in total. The van der Waals surface area contributed by atoms with Gasteiger partial charge in [0, 0.05) is 50.0 Å².